The molecule has 0 radical (unpaired) electrons. The summed E-state index contributed by atoms with van der Waals surface area (Å²) in [7, 11) is 0. The molecule has 0 aliphatic heterocycles. The number of aliphatic hydroxyl groups excluding tert-OH is 1. The molecule has 1 aromatic heterocycles. The van der Waals surface area contributed by atoms with Crippen LogP contribution in [0.2, 0.25) is 0 Å². The molecule has 1 unspecified atom stereocenters. The molecular weight excluding hydrogens is 230 g/mol. The van der Waals surface area contributed by atoms with Gasteiger partial charge in [-0.25, -0.2) is 4.98 Å². The van der Waals surface area contributed by atoms with Crippen molar-refractivity contribution in [1.29, 1.82) is 0 Å². The molecule has 0 bridgehead atoms. The average Bonchev–Trinajstić information content (AvgIpc) is 2.02. The third kappa shape index (κ3) is 2.51. The van der Waals surface area contributed by atoms with Gasteiger partial charge in [-0.2, -0.15) is 0 Å². The van der Waals surface area contributed by atoms with E-state index in [4.69, 9.17) is 0 Å². The maximum atomic E-state index is 9.97. The molecule has 0 amide bonds. The van der Waals surface area contributed by atoms with Crippen LogP contribution >= 0.6 is 15.9 Å². The minimum absolute atomic E-state index is 0.161. The van der Waals surface area contributed by atoms with Gasteiger partial charge < -0.3 is 5.11 Å². The lowest BCUT2D eigenvalue weighted by molar-refractivity contribution is 0.0617. The van der Waals surface area contributed by atoms with Crippen LogP contribution in [0.4, 0.5) is 0 Å². The maximum Gasteiger partial charge on any atom is 0.111 e. The molecule has 0 saturated heterocycles. The Labute approximate surface area is 87.1 Å². The fourth-order valence-corrected chi connectivity index (χ4v) is 1.54. The van der Waals surface area contributed by atoms with Crippen molar-refractivity contribution in [2.45, 2.75) is 26.9 Å². The molecule has 1 aromatic rings. The molecule has 1 rings (SSSR count). The molecule has 1 heterocycles. The van der Waals surface area contributed by atoms with E-state index in [-0.39, 0.29) is 5.41 Å². The minimum atomic E-state index is -0.490. The van der Waals surface area contributed by atoms with Crippen LogP contribution in [0.5, 0.6) is 0 Å². The molecule has 1 atom stereocenters. The molecule has 0 fully saturated rings. The van der Waals surface area contributed by atoms with Gasteiger partial charge in [0.05, 0.1) is 6.10 Å². The molecule has 0 spiro atoms. The van der Waals surface area contributed by atoms with Crippen molar-refractivity contribution in [3.05, 3.63) is 28.5 Å². The van der Waals surface area contributed by atoms with Gasteiger partial charge in [0.15, 0.2) is 0 Å². The summed E-state index contributed by atoms with van der Waals surface area (Å²) in [6.45, 7) is 5.99. The van der Waals surface area contributed by atoms with Crippen LogP contribution in [-0.4, -0.2) is 10.1 Å². The highest BCUT2D eigenvalue weighted by atomic mass is 79.9. The lowest BCUT2D eigenvalue weighted by atomic mass is 9.85. The summed E-state index contributed by atoms with van der Waals surface area (Å²) >= 11 is 3.32. The van der Waals surface area contributed by atoms with E-state index < -0.39 is 6.10 Å². The zero-order valence-electron chi connectivity index (χ0n) is 8.08. The Morgan fingerprint density at radius 2 is 2.08 bits per heavy atom. The predicted octanol–water partition coefficient (Wildman–Crippen LogP) is 2.92. The first-order valence-electron chi connectivity index (χ1n) is 4.21. The molecule has 0 saturated carbocycles. The predicted molar refractivity (Wildman–Crippen MR) is 56.4 cm³/mol. The minimum Gasteiger partial charge on any atom is -0.388 e. The smallest absolute Gasteiger partial charge is 0.111 e. The molecule has 2 nitrogen and oxygen atoms in total. The Morgan fingerprint density at radius 3 is 2.54 bits per heavy atom. The second-order valence-corrected chi connectivity index (χ2v) is 4.90. The van der Waals surface area contributed by atoms with Crippen molar-refractivity contribution in [3.63, 3.8) is 0 Å². The van der Waals surface area contributed by atoms with Gasteiger partial charge in [-0.15, -0.1) is 0 Å². The molecule has 72 valence electrons. The SMILES string of the molecule is CC(C)(C)C(O)c1cccnc1Br. The van der Waals surface area contributed by atoms with Gasteiger partial charge in [-0.3, -0.25) is 0 Å². The summed E-state index contributed by atoms with van der Waals surface area (Å²) in [6, 6.07) is 3.71. The molecule has 3 heteroatoms. The van der Waals surface area contributed by atoms with Gasteiger partial charge >= 0.3 is 0 Å². The number of pyridine rings is 1. The number of hydrogen-bond acceptors (Lipinski definition) is 2. The highest BCUT2D eigenvalue weighted by Gasteiger charge is 2.25. The Hall–Kier alpha value is -0.410. The van der Waals surface area contributed by atoms with Gasteiger partial charge in [0, 0.05) is 11.8 Å². The number of rotatable bonds is 1. The number of hydrogen-bond donors (Lipinski definition) is 1. The van der Waals surface area contributed by atoms with Crippen molar-refractivity contribution >= 4 is 15.9 Å². The van der Waals surface area contributed by atoms with Gasteiger partial charge in [-0.1, -0.05) is 26.8 Å². The first-order chi connectivity index (χ1) is 5.93. The average molecular weight is 244 g/mol. The Bertz CT molecular complexity index is 293. The van der Waals surface area contributed by atoms with Gasteiger partial charge in [0.2, 0.25) is 0 Å². The van der Waals surface area contributed by atoms with E-state index in [1.807, 2.05) is 32.9 Å². The van der Waals surface area contributed by atoms with Crippen molar-refractivity contribution < 1.29 is 5.11 Å². The third-order valence-electron chi connectivity index (χ3n) is 1.90. The Morgan fingerprint density at radius 1 is 1.46 bits per heavy atom. The van der Waals surface area contributed by atoms with Gasteiger partial charge in [0.1, 0.15) is 4.60 Å². The number of aliphatic hydroxyl groups is 1. The molecule has 0 aliphatic carbocycles. The van der Waals surface area contributed by atoms with E-state index in [1.54, 1.807) is 6.20 Å². The van der Waals surface area contributed by atoms with E-state index in [0.717, 1.165) is 10.2 Å². The van der Waals surface area contributed by atoms with Crippen molar-refractivity contribution in [2.24, 2.45) is 5.41 Å². The highest BCUT2D eigenvalue weighted by molar-refractivity contribution is 9.10. The summed E-state index contributed by atoms with van der Waals surface area (Å²) in [5.74, 6) is 0. The van der Waals surface area contributed by atoms with Gasteiger partial charge in [-0.05, 0) is 27.4 Å². The molecule has 1 N–H and O–H groups in total. The Kier molecular flexibility index (Phi) is 3.09. The van der Waals surface area contributed by atoms with E-state index in [0.29, 0.717) is 0 Å². The summed E-state index contributed by atoms with van der Waals surface area (Å²) in [6.07, 6.45) is 1.21. The van der Waals surface area contributed by atoms with E-state index in [9.17, 15) is 5.11 Å². The largest absolute Gasteiger partial charge is 0.388 e. The summed E-state index contributed by atoms with van der Waals surface area (Å²) in [5, 5.41) is 9.97. The topological polar surface area (TPSA) is 33.1 Å². The van der Waals surface area contributed by atoms with Gasteiger partial charge in [0.25, 0.3) is 0 Å². The monoisotopic (exact) mass is 243 g/mol. The normalized spacial score (nSPS) is 14.2. The molecule has 13 heavy (non-hydrogen) atoms. The van der Waals surface area contributed by atoms with Crippen molar-refractivity contribution in [1.82, 2.24) is 4.98 Å². The summed E-state index contributed by atoms with van der Waals surface area (Å²) < 4.78 is 0.720. The second kappa shape index (κ2) is 3.76. The zero-order valence-corrected chi connectivity index (χ0v) is 9.67. The van der Waals surface area contributed by atoms with Crippen LogP contribution in [0.1, 0.15) is 32.4 Å². The van der Waals surface area contributed by atoms with Crippen LogP contribution in [0.25, 0.3) is 0 Å². The quantitative estimate of drug-likeness (QED) is 0.770. The molecular formula is C10H14BrNO. The van der Waals surface area contributed by atoms with Crippen LogP contribution in [0.15, 0.2) is 22.9 Å². The number of halogens is 1. The van der Waals surface area contributed by atoms with E-state index >= 15 is 0 Å². The van der Waals surface area contributed by atoms with Crippen LogP contribution in [0.3, 0.4) is 0 Å². The lowest BCUT2D eigenvalue weighted by Crippen LogP contribution is -2.18. The molecule has 0 aliphatic rings. The highest BCUT2D eigenvalue weighted by Crippen LogP contribution is 2.34. The second-order valence-electron chi connectivity index (χ2n) is 4.15. The van der Waals surface area contributed by atoms with Crippen LogP contribution in [-0.2, 0) is 0 Å². The van der Waals surface area contributed by atoms with Crippen LogP contribution < -0.4 is 0 Å². The maximum absolute atomic E-state index is 9.97. The van der Waals surface area contributed by atoms with Crippen molar-refractivity contribution in [2.75, 3.05) is 0 Å². The first kappa shape index (κ1) is 10.7. The lowest BCUT2D eigenvalue weighted by Gasteiger charge is -2.26. The van der Waals surface area contributed by atoms with Crippen molar-refractivity contribution in [3.8, 4) is 0 Å². The molecule has 0 aromatic carbocycles. The Balaban J connectivity index is 3.02. The van der Waals surface area contributed by atoms with Crippen LogP contribution in [0, 0.1) is 5.41 Å². The summed E-state index contributed by atoms with van der Waals surface area (Å²) in [5.41, 5.74) is 0.681. The van der Waals surface area contributed by atoms with E-state index in [2.05, 4.69) is 20.9 Å². The summed E-state index contributed by atoms with van der Waals surface area (Å²) in [4.78, 5) is 4.07. The third-order valence-corrected chi connectivity index (χ3v) is 2.57. The standard InChI is InChI=1S/C10H14BrNO/c1-10(2,3)8(13)7-5-4-6-12-9(7)11/h4-6,8,13H,1-3H3. The first-order valence-corrected chi connectivity index (χ1v) is 5.00. The zero-order chi connectivity index (χ0) is 10.1. The van der Waals surface area contributed by atoms with E-state index in [1.165, 1.54) is 0 Å². The fourth-order valence-electron chi connectivity index (χ4n) is 1.07. The number of aromatic nitrogens is 1. The number of nitrogens with zero attached hydrogens (tertiary/aromatic N) is 1. The fraction of sp³-hybridized carbons (Fsp3) is 0.500.